The smallest absolute Gasteiger partial charge is 0.214 e. The molecule has 17 heavy (non-hydrogen) atoms. The molecule has 0 saturated carbocycles. The Morgan fingerprint density at radius 2 is 2.18 bits per heavy atom. The van der Waals surface area contributed by atoms with Gasteiger partial charge in [0.05, 0.1) is 5.69 Å². The van der Waals surface area contributed by atoms with E-state index in [1.54, 1.807) is 0 Å². The lowest BCUT2D eigenvalue weighted by molar-refractivity contribution is 0.451. The number of aromatic amines is 1. The third-order valence-corrected chi connectivity index (χ3v) is 3.20. The van der Waals surface area contributed by atoms with Gasteiger partial charge in [-0.3, -0.25) is 0 Å². The van der Waals surface area contributed by atoms with Gasteiger partial charge in [0.25, 0.3) is 0 Å². The van der Waals surface area contributed by atoms with E-state index in [0.29, 0.717) is 23.1 Å². The molecule has 2 aromatic rings. The molecular weight excluding hydrogens is 234 g/mol. The molecule has 2 rings (SSSR count). The first kappa shape index (κ1) is 12.1. The highest BCUT2D eigenvalue weighted by Crippen LogP contribution is 2.17. The normalized spacial score (nSPS) is 11.4. The molecule has 2 aromatic heterocycles. The number of H-pyrrole nitrogens is 1. The molecule has 0 spiro atoms. The van der Waals surface area contributed by atoms with Crippen LogP contribution in [0, 0.1) is 18.6 Å². The van der Waals surface area contributed by atoms with Crippen molar-refractivity contribution in [3.63, 3.8) is 0 Å². The van der Waals surface area contributed by atoms with E-state index in [2.05, 4.69) is 23.8 Å². The second kappa shape index (κ2) is 4.49. The molecule has 0 fully saturated rings. The Morgan fingerprint density at radius 1 is 1.47 bits per heavy atom. The van der Waals surface area contributed by atoms with E-state index in [0.717, 1.165) is 11.5 Å². The molecule has 0 radical (unpaired) electrons. The molecule has 0 aliphatic rings. The highest BCUT2D eigenvalue weighted by molar-refractivity contribution is 7.71. The topological polar surface area (TPSA) is 46.8 Å². The Balaban J connectivity index is 2.35. The van der Waals surface area contributed by atoms with E-state index in [1.165, 1.54) is 5.69 Å². The monoisotopic (exact) mass is 251 g/mol. The average molecular weight is 251 g/mol. The number of hydrogen-bond acceptors (Lipinski definition) is 3. The van der Waals surface area contributed by atoms with Gasteiger partial charge in [0.2, 0.25) is 5.89 Å². The van der Waals surface area contributed by atoms with E-state index < -0.39 is 0 Å². The molecule has 0 unspecified atom stereocenters. The SMILES string of the molecule is Cc1nc(Cn2c(C(C)C)c[nH]c2=S)oc1C. The maximum absolute atomic E-state index is 5.59. The first-order chi connectivity index (χ1) is 7.99. The van der Waals surface area contributed by atoms with Gasteiger partial charge in [0.15, 0.2) is 4.77 Å². The van der Waals surface area contributed by atoms with Crippen molar-refractivity contribution in [3.8, 4) is 0 Å². The van der Waals surface area contributed by atoms with Crippen LogP contribution in [0.4, 0.5) is 0 Å². The fourth-order valence-electron chi connectivity index (χ4n) is 1.79. The summed E-state index contributed by atoms with van der Waals surface area (Å²) in [5, 5.41) is 0. The van der Waals surface area contributed by atoms with Gasteiger partial charge in [-0.25, -0.2) is 4.98 Å². The molecule has 0 aliphatic carbocycles. The summed E-state index contributed by atoms with van der Waals surface area (Å²) >= 11 is 5.27. The fourth-order valence-corrected chi connectivity index (χ4v) is 2.02. The van der Waals surface area contributed by atoms with Crippen LogP contribution < -0.4 is 0 Å². The van der Waals surface area contributed by atoms with Crippen molar-refractivity contribution >= 4 is 12.2 Å². The summed E-state index contributed by atoms with van der Waals surface area (Å²) < 4.78 is 8.33. The van der Waals surface area contributed by atoms with E-state index in [-0.39, 0.29) is 0 Å². The zero-order valence-corrected chi connectivity index (χ0v) is 11.4. The number of imidazole rings is 1. The Hall–Kier alpha value is -1.36. The van der Waals surface area contributed by atoms with Crippen molar-refractivity contribution in [3.05, 3.63) is 34.0 Å². The van der Waals surface area contributed by atoms with Crippen molar-refractivity contribution in [2.24, 2.45) is 0 Å². The van der Waals surface area contributed by atoms with Crippen LogP contribution in [-0.2, 0) is 6.54 Å². The van der Waals surface area contributed by atoms with Gasteiger partial charge in [-0.1, -0.05) is 13.8 Å². The van der Waals surface area contributed by atoms with Gasteiger partial charge < -0.3 is 14.0 Å². The minimum atomic E-state index is 0.417. The summed E-state index contributed by atoms with van der Waals surface area (Å²) in [5.74, 6) is 1.99. The number of nitrogens with one attached hydrogen (secondary N) is 1. The third kappa shape index (κ3) is 2.34. The molecule has 0 saturated heterocycles. The number of aryl methyl sites for hydroxylation is 2. The molecule has 5 heteroatoms. The van der Waals surface area contributed by atoms with Gasteiger partial charge in [-0.05, 0) is 32.0 Å². The van der Waals surface area contributed by atoms with E-state index in [4.69, 9.17) is 16.6 Å². The first-order valence-electron chi connectivity index (χ1n) is 5.70. The van der Waals surface area contributed by atoms with E-state index >= 15 is 0 Å². The standard InChI is InChI=1S/C12H17N3OS/c1-7(2)10-5-13-12(17)15(10)6-11-14-8(3)9(4)16-11/h5,7H,6H2,1-4H3,(H,13,17). The summed E-state index contributed by atoms with van der Waals surface area (Å²) in [6.45, 7) is 8.74. The predicted molar refractivity (Wildman–Crippen MR) is 68.8 cm³/mol. The summed E-state index contributed by atoms with van der Waals surface area (Å²) in [4.78, 5) is 7.45. The van der Waals surface area contributed by atoms with Crippen molar-refractivity contribution < 1.29 is 4.42 Å². The zero-order valence-electron chi connectivity index (χ0n) is 10.6. The minimum Gasteiger partial charge on any atom is -0.444 e. The molecule has 0 bridgehead atoms. The van der Waals surface area contributed by atoms with Crippen molar-refractivity contribution in [2.75, 3.05) is 0 Å². The van der Waals surface area contributed by atoms with E-state index in [9.17, 15) is 0 Å². The van der Waals surface area contributed by atoms with Crippen molar-refractivity contribution in [1.82, 2.24) is 14.5 Å². The first-order valence-corrected chi connectivity index (χ1v) is 6.11. The molecule has 0 amide bonds. The Bertz CT molecular complexity index is 557. The van der Waals surface area contributed by atoms with Gasteiger partial charge >= 0.3 is 0 Å². The van der Waals surface area contributed by atoms with Crippen LogP contribution in [0.25, 0.3) is 0 Å². The highest BCUT2D eigenvalue weighted by atomic mass is 32.1. The highest BCUT2D eigenvalue weighted by Gasteiger charge is 2.12. The van der Waals surface area contributed by atoms with Gasteiger partial charge in [-0.15, -0.1) is 0 Å². The number of hydrogen-bond donors (Lipinski definition) is 1. The van der Waals surface area contributed by atoms with Crippen LogP contribution in [0.15, 0.2) is 10.6 Å². The summed E-state index contributed by atoms with van der Waals surface area (Å²) in [6, 6.07) is 0. The van der Waals surface area contributed by atoms with Crippen LogP contribution >= 0.6 is 12.2 Å². The average Bonchev–Trinajstić information content (AvgIpc) is 2.74. The number of oxazole rings is 1. The van der Waals surface area contributed by atoms with Crippen LogP contribution in [0.1, 0.15) is 42.8 Å². The lowest BCUT2D eigenvalue weighted by Crippen LogP contribution is -2.06. The Kier molecular flexibility index (Phi) is 3.19. The van der Waals surface area contributed by atoms with Crippen LogP contribution in [0.2, 0.25) is 0 Å². The van der Waals surface area contributed by atoms with Crippen LogP contribution in [0.5, 0.6) is 0 Å². The fraction of sp³-hybridized carbons (Fsp3) is 0.500. The summed E-state index contributed by atoms with van der Waals surface area (Å²) in [7, 11) is 0. The lowest BCUT2D eigenvalue weighted by atomic mass is 10.1. The third-order valence-electron chi connectivity index (χ3n) is 2.86. The molecule has 2 heterocycles. The predicted octanol–water partition coefficient (Wildman–Crippen LogP) is 3.32. The molecule has 0 aliphatic heterocycles. The van der Waals surface area contributed by atoms with Crippen LogP contribution in [-0.4, -0.2) is 14.5 Å². The number of nitrogens with zero attached hydrogens (tertiary/aromatic N) is 2. The zero-order chi connectivity index (χ0) is 12.6. The Labute approximate surface area is 106 Å². The number of rotatable bonds is 3. The molecule has 92 valence electrons. The maximum atomic E-state index is 5.59. The van der Waals surface area contributed by atoms with Gasteiger partial charge in [0.1, 0.15) is 12.3 Å². The summed E-state index contributed by atoms with van der Waals surface area (Å²) in [6.07, 6.45) is 1.95. The van der Waals surface area contributed by atoms with Crippen LogP contribution in [0.3, 0.4) is 0 Å². The Morgan fingerprint density at radius 3 is 2.71 bits per heavy atom. The minimum absolute atomic E-state index is 0.417. The largest absolute Gasteiger partial charge is 0.444 e. The molecular formula is C12H17N3OS. The quantitative estimate of drug-likeness (QED) is 0.851. The second-order valence-corrected chi connectivity index (χ2v) is 4.90. The maximum Gasteiger partial charge on any atom is 0.214 e. The van der Waals surface area contributed by atoms with Crippen molar-refractivity contribution in [1.29, 1.82) is 0 Å². The van der Waals surface area contributed by atoms with Crippen molar-refractivity contribution in [2.45, 2.75) is 40.2 Å². The molecule has 0 aromatic carbocycles. The summed E-state index contributed by atoms with van der Waals surface area (Å²) in [5.41, 5.74) is 2.11. The second-order valence-electron chi connectivity index (χ2n) is 4.51. The molecule has 4 nitrogen and oxygen atoms in total. The molecule has 0 atom stereocenters. The lowest BCUT2D eigenvalue weighted by Gasteiger charge is -2.08. The van der Waals surface area contributed by atoms with E-state index in [1.807, 2.05) is 24.6 Å². The molecule has 1 N–H and O–H groups in total. The van der Waals surface area contributed by atoms with Gasteiger partial charge in [-0.2, -0.15) is 0 Å². The van der Waals surface area contributed by atoms with Gasteiger partial charge in [0, 0.05) is 11.9 Å². The number of aromatic nitrogens is 3.